The summed E-state index contributed by atoms with van der Waals surface area (Å²) in [5, 5.41) is 1.21. The van der Waals surface area contributed by atoms with E-state index < -0.39 is 0 Å². The van der Waals surface area contributed by atoms with E-state index >= 15 is 0 Å². The second kappa shape index (κ2) is 4.96. The summed E-state index contributed by atoms with van der Waals surface area (Å²) in [6, 6.07) is 12.9. The zero-order valence-corrected chi connectivity index (χ0v) is 13.4. The number of benzene rings is 2. The topological polar surface area (TPSA) is 16.8 Å². The van der Waals surface area contributed by atoms with Gasteiger partial charge in [0.15, 0.2) is 5.52 Å². The molecule has 1 aromatic heterocycles. The van der Waals surface area contributed by atoms with Crippen molar-refractivity contribution in [1.29, 1.82) is 0 Å². The zero-order valence-electron chi connectivity index (χ0n) is 13.4. The molecule has 0 aliphatic rings. The molecule has 106 valence electrons. The average molecular weight is 277 g/mol. The van der Waals surface area contributed by atoms with Crippen LogP contribution in [0.25, 0.3) is 22.2 Å². The summed E-state index contributed by atoms with van der Waals surface area (Å²) in [5.74, 6) is 1.03. The molecule has 0 saturated carbocycles. The molecule has 0 bridgehead atoms. The van der Waals surface area contributed by atoms with Crippen molar-refractivity contribution in [3.8, 4) is 11.3 Å². The predicted octanol–water partition coefficient (Wildman–Crippen LogP) is 3.96. The Labute approximate surface area is 126 Å². The molecule has 2 heteroatoms. The lowest BCUT2D eigenvalue weighted by atomic mass is 9.95. The fourth-order valence-corrected chi connectivity index (χ4v) is 2.97. The fraction of sp³-hybridized carbons (Fsp3) is 0.263. The van der Waals surface area contributed by atoms with Gasteiger partial charge in [-0.25, -0.2) is 4.57 Å². The summed E-state index contributed by atoms with van der Waals surface area (Å²) in [7, 11) is 2.10. The number of para-hydroxylation sites is 1. The van der Waals surface area contributed by atoms with Crippen LogP contribution in [-0.2, 0) is 7.05 Å². The van der Waals surface area contributed by atoms with Crippen molar-refractivity contribution in [3.63, 3.8) is 0 Å². The van der Waals surface area contributed by atoms with E-state index in [-0.39, 0.29) is 0 Å². The van der Waals surface area contributed by atoms with Crippen LogP contribution >= 0.6 is 0 Å². The van der Waals surface area contributed by atoms with E-state index in [0.29, 0.717) is 0 Å². The van der Waals surface area contributed by atoms with Crippen molar-refractivity contribution in [3.05, 3.63) is 58.9 Å². The standard InChI is InChI=1S/C19H21N2/c1-12-10-13(2)14(3)17(11-12)19-16-8-6-7-9-18(16)20-15(4)21(19)5/h6-11H,1-5H3/q+1. The van der Waals surface area contributed by atoms with Gasteiger partial charge in [-0.1, -0.05) is 23.8 Å². The maximum Gasteiger partial charge on any atom is 0.296 e. The minimum atomic E-state index is 1.03. The zero-order chi connectivity index (χ0) is 15.1. The van der Waals surface area contributed by atoms with Gasteiger partial charge in [0, 0.05) is 12.5 Å². The molecule has 0 spiro atoms. The van der Waals surface area contributed by atoms with Crippen LogP contribution in [0.5, 0.6) is 0 Å². The van der Waals surface area contributed by atoms with Crippen LogP contribution in [0.3, 0.4) is 0 Å². The first-order valence-corrected chi connectivity index (χ1v) is 7.32. The van der Waals surface area contributed by atoms with E-state index in [1.807, 2.05) is 6.07 Å². The van der Waals surface area contributed by atoms with Crippen LogP contribution in [0.2, 0.25) is 0 Å². The molecule has 3 rings (SSSR count). The Hall–Kier alpha value is -2.22. The molecule has 0 unspecified atom stereocenters. The maximum absolute atomic E-state index is 4.70. The van der Waals surface area contributed by atoms with E-state index in [4.69, 9.17) is 4.98 Å². The van der Waals surface area contributed by atoms with E-state index in [9.17, 15) is 0 Å². The molecule has 21 heavy (non-hydrogen) atoms. The molecule has 3 aromatic rings. The van der Waals surface area contributed by atoms with Crippen molar-refractivity contribution in [1.82, 2.24) is 4.98 Å². The highest BCUT2D eigenvalue weighted by molar-refractivity contribution is 5.91. The molecular weight excluding hydrogens is 256 g/mol. The van der Waals surface area contributed by atoms with Crippen LogP contribution < -0.4 is 4.57 Å². The molecule has 0 N–H and O–H groups in total. The Balaban J connectivity index is 2.48. The van der Waals surface area contributed by atoms with Crippen molar-refractivity contribution in [2.24, 2.45) is 7.05 Å². The molecule has 0 fully saturated rings. The first kappa shape index (κ1) is 13.7. The normalized spacial score (nSPS) is 11.1. The smallest absolute Gasteiger partial charge is 0.230 e. The first-order chi connectivity index (χ1) is 9.99. The number of hydrogen-bond donors (Lipinski definition) is 0. The monoisotopic (exact) mass is 277 g/mol. The molecule has 1 heterocycles. The van der Waals surface area contributed by atoms with E-state index in [2.05, 4.69) is 69.6 Å². The Kier molecular flexibility index (Phi) is 3.25. The fourth-order valence-electron chi connectivity index (χ4n) is 2.97. The Morgan fingerprint density at radius 2 is 1.67 bits per heavy atom. The summed E-state index contributed by atoms with van der Waals surface area (Å²) in [5.41, 5.74) is 7.59. The molecule has 0 atom stereocenters. The quantitative estimate of drug-likeness (QED) is 0.615. The molecule has 0 amide bonds. The van der Waals surface area contributed by atoms with Gasteiger partial charge in [-0.3, -0.25) is 0 Å². The molecule has 0 saturated heterocycles. The summed E-state index contributed by atoms with van der Waals surface area (Å²) in [4.78, 5) is 4.70. The molecular formula is C19H21N2+. The maximum atomic E-state index is 4.70. The number of aromatic nitrogens is 2. The van der Waals surface area contributed by atoms with Crippen molar-refractivity contribution < 1.29 is 4.57 Å². The summed E-state index contributed by atoms with van der Waals surface area (Å²) >= 11 is 0. The lowest BCUT2D eigenvalue weighted by Crippen LogP contribution is -2.36. The van der Waals surface area contributed by atoms with Gasteiger partial charge in [0.25, 0.3) is 5.82 Å². The van der Waals surface area contributed by atoms with Gasteiger partial charge in [-0.2, -0.15) is 0 Å². The van der Waals surface area contributed by atoms with Gasteiger partial charge in [0.2, 0.25) is 0 Å². The van der Waals surface area contributed by atoms with Gasteiger partial charge >= 0.3 is 0 Å². The van der Waals surface area contributed by atoms with Crippen LogP contribution in [0.1, 0.15) is 22.5 Å². The summed E-state index contributed by atoms with van der Waals surface area (Å²) in [6.07, 6.45) is 0. The number of rotatable bonds is 1. The van der Waals surface area contributed by atoms with Gasteiger partial charge in [0.05, 0.1) is 12.4 Å². The molecule has 0 aliphatic carbocycles. The molecule has 0 radical (unpaired) electrons. The largest absolute Gasteiger partial charge is 0.296 e. The third-order valence-electron chi connectivity index (χ3n) is 4.33. The number of hydrogen-bond acceptors (Lipinski definition) is 1. The van der Waals surface area contributed by atoms with Gasteiger partial charge in [-0.05, 0) is 55.1 Å². The molecule has 2 aromatic carbocycles. The van der Waals surface area contributed by atoms with Gasteiger partial charge in [-0.15, -0.1) is 0 Å². The Morgan fingerprint density at radius 3 is 2.43 bits per heavy atom. The minimum Gasteiger partial charge on any atom is -0.230 e. The lowest BCUT2D eigenvalue weighted by Gasteiger charge is -2.13. The van der Waals surface area contributed by atoms with E-state index in [1.165, 1.54) is 33.3 Å². The van der Waals surface area contributed by atoms with Crippen molar-refractivity contribution in [2.45, 2.75) is 27.7 Å². The van der Waals surface area contributed by atoms with Crippen LogP contribution in [-0.4, -0.2) is 4.98 Å². The van der Waals surface area contributed by atoms with Crippen LogP contribution in [0, 0.1) is 27.7 Å². The summed E-state index contributed by atoms with van der Waals surface area (Å²) in [6.45, 7) is 8.61. The third-order valence-corrected chi connectivity index (χ3v) is 4.33. The number of nitrogens with zero attached hydrogens (tertiary/aromatic N) is 2. The van der Waals surface area contributed by atoms with E-state index in [0.717, 1.165) is 11.3 Å². The van der Waals surface area contributed by atoms with Gasteiger partial charge in [0.1, 0.15) is 5.69 Å². The molecule has 2 nitrogen and oxygen atoms in total. The highest BCUT2D eigenvalue weighted by Crippen LogP contribution is 2.29. The SMILES string of the molecule is Cc1cc(C)c(C)c(-c2c3ccccc3nc(C)[n+]2C)c1. The highest BCUT2D eigenvalue weighted by atomic mass is 15.0. The minimum absolute atomic E-state index is 1.03. The molecule has 0 aliphatic heterocycles. The van der Waals surface area contributed by atoms with Gasteiger partial charge < -0.3 is 0 Å². The van der Waals surface area contributed by atoms with Crippen molar-refractivity contribution >= 4 is 10.9 Å². The predicted molar refractivity (Wildman–Crippen MR) is 87.3 cm³/mol. The third kappa shape index (κ3) is 2.21. The Bertz CT molecular complexity index is 848. The van der Waals surface area contributed by atoms with E-state index in [1.54, 1.807) is 0 Å². The van der Waals surface area contributed by atoms with Crippen LogP contribution in [0.4, 0.5) is 0 Å². The Morgan fingerprint density at radius 1 is 0.952 bits per heavy atom. The second-order valence-electron chi connectivity index (χ2n) is 5.84. The number of fused-ring (bicyclic) bond motifs is 1. The van der Waals surface area contributed by atoms with Crippen LogP contribution in [0.15, 0.2) is 36.4 Å². The lowest BCUT2D eigenvalue weighted by molar-refractivity contribution is -0.668. The van der Waals surface area contributed by atoms with Crippen molar-refractivity contribution in [2.75, 3.05) is 0 Å². The highest BCUT2D eigenvalue weighted by Gasteiger charge is 2.20. The second-order valence-corrected chi connectivity index (χ2v) is 5.84. The average Bonchev–Trinajstić information content (AvgIpc) is 2.45. The first-order valence-electron chi connectivity index (χ1n) is 7.32. The summed E-state index contributed by atoms with van der Waals surface area (Å²) < 4.78 is 2.20. The number of aryl methyl sites for hydroxylation is 3.